The lowest BCUT2D eigenvalue weighted by Crippen LogP contribution is -2.31. The van der Waals surface area contributed by atoms with Crippen molar-refractivity contribution in [3.63, 3.8) is 0 Å². The van der Waals surface area contributed by atoms with Crippen LogP contribution >= 0.6 is 0 Å². The predicted octanol–water partition coefficient (Wildman–Crippen LogP) is 4.67. The minimum atomic E-state index is -0.747. The van der Waals surface area contributed by atoms with Crippen LogP contribution in [0.5, 0.6) is 34.5 Å². The molecule has 2 heterocycles. The van der Waals surface area contributed by atoms with Crippen LogP contribution in [0.3, 0.4) is 0 Å². The normalized spacial score (nSPS) is 17.2. The van der Waals surface area contributed by atoms with E-state index in [1.165, 1.54) is 19.3 Å². The van der Waals surface area contributed by atoms with E-state index in [-0.39, 0.29) is 0 Å². The van der Waals surface area contributed by atoms with E-state index in [9.17, 15) is 4.79 Å². The van der Waals surface area contributed by atoms with Gasteiger partial charge in [-0.2, -0.15) is 0 Å². The lowest BCUT2D eigenvalue weighted by molar-refractivity contribution is -0.109. The highest BCUT2D eigenvalue weighted by atomic mass is 16.5. The first kappa shape index (κ1) is 27.4. The summed E-state index contributed by atoms with van der Waals surface area (Å²) in [6, 6.07) is 7.02. The van der Waals surface area contributed by atoms with E-state index in [0.29, 0.717) is 63.7 Å². The van der Waals surface area contributed by atoms with Gasteiger partial charge in [-0.3, -0.25) is 0 Å². The highest BCUT2D eigenvalue weighted by Crippen LogP contribution is 2.49. The molecule has 4 rings (SSSR count). The first-order chi connectivity index (χ1) is 18.6. The lowest BCUT2D eigenvalue weighted by atomic mass is 9.91. The summed E-state index contributed by atoms with van der Waals surface area (Å²) >= 11 is 0. The molecule has 1 fully saturated rings. The van der Waals surface area contributed by atoms with E-state index in [1.807, 2.05) is 0 Å². The summed E-state index contributed by atoms with van der Waals surface area (Å²) < 4.78 is 40.5. The zero-order valence-electron chi connectivity index (χ0n) is 22.8. The van der Waals surface area contributed by atoms with Crippen molar-refractivity contribution in [3.8, 4) is 34.5 Å². The van der Waals surface area contributed by atoms with Crippen LogP contribution in [-0.4, -0.2) is 73.0 Å². The number of hydrogen-bond acceptors (Lipinski definition) is 9. The molecule has 1 atom stereocenters. The molecule has 38 heavy (non-hydrogen) atoms. The monoisotopic (exact) mass is 527 g/mol. The Morgan fingerprint density at radius 2 is 1.55 bits per heavy atom. The molecule has 0 radical (unpaired) electrons. The summed E-state index contributed by atoms with van der Waals surface area (Å²) in [4.78, 5) is 15.1. The minimum Gasteiger partial charge on any atom is -0.496 e. The van der Waals surface area contributed by atoms with Crippen LogP contribution in [0.25, 0.3) is 5.76 Å². The number of ether oxygens (including phenoxy) is 7. The Morgan fingerprint density at radius 3 is 2.13 bits per heavy atom. The molecule has 9 heteroatoms. The fourth-order valence-corrected chi connectivity index (χ4v) is 5.04. The van der Waals surface area contributed by atoms with Gasteiger partial charge in [-0.1, -0.05) is 6.42 Å². The van der Waals surface area contributed by atoms with Crippen molar-refractivity contribution in [1.82, 2.24) is 4.90 Å². The second-order valence-corrected chi connectivity index (χ2v) is 9.17. The number of carbonyl (C=O) groups is 1. The number of piperidine rings is 1. The number of allylic oxidation sites excluding steroid dienone is 1. The van der Waals surface area contributed by atoms with Gasteiger partial charge in [-0.05, 0) is 44.5 Å². The molecule has 2 aromatic carbocycles. The molecule has 0 spiro atoms. The highest BCUT2D eigenvalue weighted by Gasteiger charge is 2.36. The maximum absolute atomic E-state index is 12.6. The molecule has 0 amide bonds. The smallest absolute Gasteiger partial charge is 0.203 e. The van der Waals surface area contributed by atoms with E-state index in [4.69, 9.17) is 33.2 Å². The zero-order chi connectivity index (χ0) is 27.1. The number of benzene rings is 2. The Bertz CT molecular complexity index is 1130. The number of likely N-dealkylation sites (tertiary alicyclic amines) is 1. The van der Waals surface area contributed by atoms with Gasteiger partial charge in [0.2, 0.25) is 5.75 Å². The summed E-state index contributed by atoms with van der Waals surface area (Å²) in [5, 5.41) is 0. The quantitative estimate of drug-likeness (QED) is 0.289. The molecule has 206 valence electrons. The lowest BCUT2D eigenvalue weighted by Gasteiger charge is -2.30. The number of rotatable bonds is 12. The van der Waals surface area contributed by atoms with Gasteiger partial charge in [0.25, 0.3) is 0 Å². The SMILES string of the molecule is COc1cc(OC)c2c(c1)OC(c1cc(OC)c(OC)c(OC)c1)=C(OCCCN1CCCCC1)C2C=O. The average Bonchev–Trinajstić information content (AvgIpc) is 2.97. The number of fused-ring (bicyclic) bond motifs is 1. The van der Waals surface area contributed by atoms with E-state index in [2.05, 4.69) is 4.90 Å². The zero-order valence-corrected chi connectivity index (χ0v) is 22.8. The van der Waals surface area contributed by atoms with Gasteiger partial charge in [0, 0.05) is 24.2 Å². The van der Waals surface area contributed by atoms with Gasteiger partial charge in [0.15, 0.2) is 23.0 Å². The van der Waals surface area contributed by atoms with Crippen LogP contribution in [0, 0.1) is 0 Å². The first-order valence-electron chi connectivity index (χ1n) is 12.9. The third-order valence-electron chi connectivity index (χ3n) is 6.95. The maximum Gasteiger partial charge on any atom is 0.203 e. The summed E-state index contributed by atoms with van der Waals surface area (Å²) in [5.41, 5.74) is 1.20. The van der Waals surface area contributed by atoms with E-state index in [0.717, 1.165) is 32.3 Å². The summed E-state index contributed by atoms with van der Waals surface area (Å²) in [6.07, 6.45) is 5.44. The molecule has 2 aliphatic rings. The Labute approximate surface area is 224 Å². The molecule has 0 N–H and O–H groups in total. The van der Waals surface area contributed by atoms with Crippen molar-refractivity contribution in [2.75, 3.05) is 61.8 Å². The van der Waals surface area contributed by atoms with Crippen LogP contribution in [0.15, 0.2) is 30.0 Å². The fourth-order valence-electron chi connectivity index (χ4n) is 5.04. The molecule has 1 saturated heterocycles. The third-order valence-corrected chi connectivity index (χ3v) is 6.95. The Kier molecular flexibility index (Phi) is 9.23. The Morgan fingerprint density at radius 1 is 0.868 bits per heavy atom. The maximum atomic E-state index is 12.6. The Balaban J connectivity index is 1.76. The number of aldehydes is 1. The van der Waals surface area contributed by atoms with Crippen molar-refractivity contribution in [2.45, 2.75) is 31.6 Å². The number of methoxy groups -OCH3 is 5. The largest absolute Gasteiger partial charge is 0.496 e. The van der Waals surface area contributed by atoms with E-state index < -0.39 is 5.92 Å². The van der Waals surface area contributed by atoms with Gasteiger partial charge in [0.05, 0.1) is 47.7 Å². The van der Waals surface area contributed by atoms with Crippen molar-refractivity contribution in [2.24, 2.45) is 0 Å². The molecule has 0 aromatic heterocycles. The molecular formula is C29H37NO8. The molecule has 0 bridgehead atoms. The van der Waals surface area contributed by atoms with Crippen molar-refractivity contribution in [1.29, 1.82) is 0 Å². The molecule has 2 aromatic rings. The second-order valence-electron chi connectivity index (χ2n) is 9.17. The van der Waals surface area contributed by atoms with Crippen molar-refractivity contribution < 1.29 is 38.0 Å². The van der Waals surface area contributed by atoms with E-state index in [1.54, 1.807) is 59.8 Å². The number of nitrogens with zero attached hydrogens (tertiary/aromatic N) is 1. The van der Waals surface area contributed by atoms with Crippen LogP contribution in [0.2, 0.25) is 0 Å². The van der Waals surface area contributed by atoms with Gasteiger partial charge in [-0.15, -0.1) is 0 Å². The topological polar surface area (TPSA) is 84.9 Å². The highest BCUT2D eigenvalue weighted by molar-refractivity contribution is 5.82. The van der Waals surface area contributed by atoms with Gasteiger partial charge in [-0.25, -0.2) is 0 Å². The van der Waals surface area contributed by atoms with Gasteiger partial charge < -0.3 is 42.9 Å². The van der Waals surface area contributed by atoms with Crippen LogP contribution in [0.4, 0.5) is 0 Å². The number of hydrogen-bond donors (Lipinski definition) is 0. The molecule has 0 aliphatic carbocycles. The molecule has 1 unspecified atom stereocenters. The fraction of sp³-hybridized carbons (Fsp3) is 0.483. The molecule has 9 nitrogen and oxygen atoms in total. The summed E-state index contributed by atoms with van der Waals surface area (Å²) in [5.74, 6) is 2.89. The van der Waals surface area contributed by atoms with Gasteiger partial charge >= 0.3 is 0 Å². The molecule has 2 aliphatic heterocycles. The number of carbonyl (C=O) groups excluding carboxylic acids is 1. The van der Waals surface area contributed by atoms with Crippen LogP contribution < -0.4 is 28.4 Å². The average molecular weight is 528 g/mol. The predicted molar refractivity (Wildman–Crippen MR) is 143 cm³/mol. The molecule has 0 saturated carbocycles. The van der Waals surface area contributed by atoms with E-state index >= 15 is 0 Å². The van der Waals surface area contributed by atoms with Gasteiger partial charge in [0.1, 0.15) is 29.5 Å². The first-order valence-corrected chi connectivity index (χ1v) is 12.9. The van der Waals surface area contributed by atoms with Crippen molar-refractivity contribution >= 4 is 12.0 Å². The summed E-state index contributed by atoms with van der Waals surface area (Å²) in [6.45, 7) is 3.61. The van der Waals surface area contributed by atoms with Crippen LogP contribution in [0.1, 0.15) is 42.7 Å². The summed E-state index contributed by atoms with van der Waals surface area (Å²) in [7, 11) is 7.76. The standard InChI is InChI=1S/C29H37NO8/c1-32-20-16-22(33-2)26-21(18-31)28(37-13-9-12-30-10-7-6-8-11-30)27(38-23(26)17-20)19-14-24(34-3)29(36-5)25(15-19)35-4/h14-18,21H,6-13H2,1-5H3. The minimum absolute atomic E-state index is 0.391. The third kappa shape index (κ3) is 5.62. The molecular weight excluding hydrogens is 490 g/mol. The van der Waals surface area contributed by atoms with Crippen LogP contribution in [-0.2, 0) is 9.53 Å². The Hall–Kier alpha value is -3.59. The second kappa shape index (κ2) is 12.8. The van der Waals surface area contributed by atoms with Crippen molar-refractivity contribution in [3.05, 3.63) is 41.2 Å².